The van der Waals surface area contributed by atoms with Crippen LogP contribution in [-0.4, -0.2) is 11.4 Å². The minimum absolute atomic E-state index is 0.219. The second-order valence-corrected chi connectivity index (χ2v) is 2.95. The summed E-state index contributed by atoms with van der Waals surface area (Å²) in [4.78, 5) is 0. The summed E-state index contributed by atoms with van der Waals surface area (Å²) in [7, 11) is 0.219. The molecule has 0 heterocycles. The molecule has 0 aliphatic rings. The number of hydrogen-bond acceptors (Lipinski definition) is 4. The van der Waals surface area contributed by atoms with Gasteiger partial charge in [0, 0.05) is 0 Å². The van der Waals surface area contributed by atoms with E-state index in [1.807, 2.05) is 0 Å². The first-order chi connectivity index (χ1) is 4.81. The summed E-state index contributed by atoms with van der Waals surface area (Å²) in [5.74, 6) is 0.626. The molecule has 2 atom stereocenters. The summed E-state index contributed by atoms with van der Waals surface area (Å²) in [5, 5.41) is 14.7. The molecule has 1 N–H and O–H groups in total. The minimum atomic E-state index is 0.219. The van der Waals surface area contributed by atoms with Gasteiger partial charge in [0.2, 0.25) is 0 Å². The van der Waals surface area contributed by atoms with Gasteiger partial charge in [-0.05, 0) is 22.2 Å². The van der Waals surface area contributed by atoms with Gasteiger partial charge in [0.25, 0.3) is 0 Å². The van der Waals surface area contributed by atoms with Crippen LogP contribution in [0.4, 0.5) is 0 Å². The van der Waals surface area contributed by atoms with Gasteiger partial charge in [-0.1, -0.05) is 20.3 Å². The molecule has 0 spiro atoms. The van der Waals surface area contributed by atoms with Gasteiger partial charge in [0.05, 0.1) is 8.81 Å². The van der Waals surface area contributed by atoms with Gasteiger partial charge < -0.3 is 0 Å². The highest BCUT2D eigenvalue weighted by Crippen LogP contribution is 2.18. The third-order valence-electron chi connectivity index (χ3n) is 1.25. The summed E-state index contributed by atoms with van der Waals surface area (Å²) in [6, 6.07) is 0. The van der Waals surface area contributed by atoms with Crippen LogP contribution in [0.15, 0.2) is 0 Å². The van der Waals surface area contributed by atoms with Crippen molar-refractivity contribution in [2.24, 2.45) is 5.92 Å². The SMILES string of the molecule is CCC(C)CPOOOO. The summed E-state index contributed by atoms with van der Waals surface area (Å²) >= 11 is 0. The van der Waals surface area contributed by atoms with Crippen molar-refractivity contribution in [3.05, 3.63) is 0 Å². The molecule has 0 aliphatic carbocycles. The van der Waals surface area contributed by atoms with Crippen molar-refractivity contribution in [3.63, 3.8) is 0 Å². The normalized spacial score (nSPS) is 14.7. The molecule has 10 heavy (non-hydrogen) atoms. The van der Waals surface area contributed by atoms with E-state index in [2.05, 4.69) is 28.6 Å². The molecule has 0 rings (SSSR count). The minimum Gasteiger partial charge on any atom is -0.219 e. The molecule has 0 amide bonds. The van der Waals surface area contributed by atoms with Crippen LogP contribution in [0.1, 0.15) is 20.3 Å². The van der Waals surface area contributed by atoms with E-state index in [9.17, 15) is 0 Å². The Bertz CT molecular complexity index is 70.7. The maximum Gasteiger partial charge on any atom is 0.0604 e. The summed E-state index contributed by atoms with van der Waals surface area (Å²) in [6.45, 7) is 4.23. The summed E-state index contributed by atoms with van der Waals surface area (Å²) < 4.78 is 4.41. The van der Waals surface area contributed by atoms with E-state index in [0.717, 1.165) is 12.6 Å². The lowest BCUT2D eigenvalue weighted by atomic mass is 10.2. The molecule has 0 bridgehead atoms. The maximum atomic E-state index is 7.65. The van der Waals surface area contributed by atoms with Gasteiger partial charge in [-0.25, -0.2) is 5.26 Å². The fraction of sp³-hybridized carbons (Fsp3) is 1.00. The molecular formula is C5H13O4P. The van der Waals surface area contributed by atoms with E-state index < -0.39 is 0 Å². The second kappa shape index (κ2) is 7.38. The van der Waals surface area contributed by atoms with E-state index in [1.54, 1.807) is 0 Å². The van der Waals surface area contributed by atoms with Crippen LogP contribution in [-0.2, 0) is 14.8 Å². The topological polar surface area (TPSA) is 47.9 Å². The number of hydrogen-bond donors (Lipinski definition) is 1. The predicted molar refractivity (Wildman–Crippen MR) is 38.5 cm³/mol. The Morgan fingerprint density at radius 3 is 2.80 bits per heavy atom. The van der Waals surface area contributed by atoms with Gasteiger partial charge in [0.1, 0.15) is 0 Å². The second-order valence-electron chi connectivity index (χ2n) is 2.09. The molecule has 0 fully saturated rings. The van der Waals surface area contributed by atoms with Crippen molar-refractivity contribution in [3.8, 4) is 0 Å². The Kier molecular flexibility index (Phi) is 7.58. The highest BCUT2D eigenvalue weighted by Gasteiger charge is 1.98. The number of rotatable bonds is 6. The largest absolute Gasteiger partial charge is 0.219 e. The molecule has 0 radical (unpaired) electrons. The van der Waals surface area contributed by atoms with Gasteiger partial charge in [-0.3, -0.25) is 0 Å². The van der Waals surface area contributed by atoms with E-state index in [1.165, 1.54) is 0 Å². The van der Waals surface area contributed by atoms with Crippen molar-refractivity contribution in [2.75, 3.05) is 6.16 Å². The molecular weight excluding hydrogens is 155 g/mol. The van der Waals surface area contributed by atoms with E-state index in [-0.39, 0.29) is 8.81 Å². The third-order valence-corrected chi connectivity index (χ3v) is 2.30. The molecule has 0 saturated carbocycles. The molecule has 0 aliphatic heterocycles. The quantitative estimate of drug-likeness (QED) is 0.285. The average Bonchev–Trinajstić information content (AvgIpc) is 1.98. The first kappa shape index (κ1) is 10.3. The zero-order valence-electron chi connectivity index (χ0n) is 6.16. The van der Waals surface area contributed by atoms with E-state index >= 15 is 0 Å². The highest BCUT2D eigenvalue weighted by atomic mass is 31.1. The van der Waals surface area contributed by atoms with Gasteiger partial charge >= 0.3 is 0 Å². The Hall–Kier alpha value is 0.270. The molecule has 2 unspecified atom stereocenters. The molecule has 62 valence electrons. The summed E-state index contributed by atoms with van der Waals surface area (Å²) in [5.41, 5.74) is 0. The first-order valence-corrected chi connectivity index (χ1v) is 4.29. The molecule has 4 nitrogen and oxygen atoms in total. The lowest BCUT2D eigenvalue weighted by molar-refractivity contribution is -0.593. The standard InChI is InChI=1S/C5H13O4P/c1-3-5(2)4-10-9-8-7-6/h5-6,10H,3-4H2,1-2H3. The van der Waals surface area contributed by atoms with Crippen LogP contribution in [0.2, 0.25) is 0 Å². The molecule has 0 aromatic heterocycles. The molecule has 0 saturated heterocycles. The zero-order chi connectivity index (χ0) is 7.82. The maximum absolute atomic E-state index is 7.65. The van der Waals surface area contributed by atoms with E-state index in [0.29, 0.717) is 5.92 Å². The van der Waals surface area contributed by atoms with Crippen molar-refractivity contribution in [1.29, 1.82) is 0 Å². The Morgan fingerprint density at radius 2 is 2.30 bits per heavy atom. The van der Waals surface area contributed by atoms with Crippen molar-refractivity contribution in [2.45, 2.75) is 20.3 Å². The monoisotopic (exact) mass is 168 g/mol. The summed E-state index contributed by atoms with van der Waals surface area (Å²) in [6.07, 6.45) is 2.05. The lowest BCUT2D eigenvalue weighted by Gasteiger charge is -2.04. The molecule has 5 heteroatoms. The van der Waals surface area contributed by atoms with Crippen molar-refractivity contribution < 1.29 is 20.0 Å². The van der Waals surface area contributed by atoms with Crippen LogP contribution in [0.25, 0.3) is 0 Å². The smallest absolute Gasteiger partial charge is 0.0604 e. The highest BCUT2D eigenvalue weighted by molar-refractivity contribution is 7.32. The van der Waals surface area contributed by atoms with Crippen LogP contribution in [0.5, 0.6) is 0 Å². The van der Waals surface area contributed by atoms with Crippen LogP contribution in [0, 0.1) is 5.92 Å². The lowest BCUT2D eigenvalue weighted by Crippen LogP contribution is -1.95. The first-order valence-electron chi connectivity index (χ1n) is 3.17. The van der Waals surface area contributed by atoms with Gasteiger partial charge in [-0.2, -0.15) is 4.67 Å². The zero-order valence-corrected chi connectivity index (χ0v) is 7.16. The van der Waals surface area contributed by atoms with E-state index in [4.69, 9.17) is 5.26 Å². The fourth-order valence-corrected chi connectivity index (χ4v) is 1.08. The van der Waals surface area contributed by atoms with Crippen LogP contribution < -0.4 is 0 Å². The van der Waals surface area contributed by atoms with Crippen molar-refractivity contribution in [1.82, 2.24) is 0 Å². The average molecular weight is 168 g/mol. The predicted octanol–water partition coefficient (Wildman–Crippen LogP) is 1.98. The third kappa shape index (κ3) is 6.39. The molecule has 0 aromatic carbocycles. The van der Waals surface area contributed by atoms with Crippen molar-refractivity contribution >= 4 is 8.81 Å². The van der Waals surface area contributed by atoms with Crippen LogP contribution in [0.3, 0.4) is 0 Å². The Labute approximate surface area is 62.1 Å². The van der Waals surface area contributed by atoms with Crippen LogP contribution >= 0.6 is 8.81 Å². The molecule has 0 aromatic rings. The van der Waals surface area contributed by atoms with Gasteiger partial charge in [0.15, 0.2) is 0 Å². The Morgan fingerprint density at radius 1 is 1.60 bits per heavy atom. The Balaban J connectivity index is 2.89. The fourth-order valence-electron chi connectivity index (χ4n) is 0.360. The van der Waals surface area contributed by atoms with Gasteiger partial charge in [-0.15, -0.1) is 0 Å².